The molecule has 1 N–H and O–H groups in total. The van der Waals surface area contributed by atoms with Crippen molar-refractivity contribution in [2.75, 3.05) is 26.2 Å². The van der Waals surface area contributed by atoms with E-state index in [4.69, 9.17) is 0 Å². The number of amides is 1. The molecule has 0 aliphatic carbocycles. The molecule has 1 amide bonds. The number of piperidine rings is 2. The molecule has 0 spiro atoms. The van der Waals surface area contributed by atoms with Crippen LogP contribution in [-0.2, 0) is 6.42 Å². The van der Waals surface area contributed by atoms with Gasteiger partial charge in [0.2, 0.25) is 0 Å². The number of fused-ring (bicyclic) bond motifs is 4. The molecular formula is C27H35N3O. The van der Waals surface area contributed by atoms with Crippen LogP contribution in [0.4, 0.5) is 0 Å². The Kier molecular flexibility index (Phi) is 5.85. The van der Waals surface area contributed by atoms with Gasteiger partial charge < -0.3 is 10.2 Å². The molecule has 2 fully saturated rings. The van der Waals surface area contributed by atoms with Crippen LogP contribution in [-0.4, -0.2) is 47.9 Å². The first-order valence-electron chi connectivity index (χ1n) is 12.1. The Labute approximate surface area is 186 Å². The minimum absolute atomic E-state index is 0.0675. The van der Waals surface area contributed by atoms with Crippen LogP contribution in [0.3, 0.4) is 0 Å². The lowest BCUT2D eigenvalue weighted by molar-refractivity contribution is 0.0551. The maximum atomic E-state index is 13.5. The first-order valence-corrected chi connectivity index (χ1v) is 12.1. The molecule has 3 aliphatic rings. The Morgan fingerprint density at radius 2 is 2.06 bits per heavy atom. The maximum absolute atomic E-state index is 13.5. The number of rotatable bonds is 4. The molecule has 2 aromatic carbocycles. The van der Waals surface area contributed by atoms with E-state index >= 15 is 0 Å². The Balaban J connectivity index is 1.37. The third-order valence-corrected chi connectivity index (χ3v) is 7.88. The van der Waals surface area contributed by atoms with Gasteiger partial charge in [-0.2, -0.15) is 0 Å². The summed E-state index contributed by atoms with van der Waals surface area (Å²) in [7, 11) is 0. The summed E-state index contributed by atoms with van der Waals surface area (Å²) >= 11 is 0. The van der Waals surface area contributed by atoms with Crippen LogP contribution < -0.4 is 5.32 Å². The normalized spacial score (nSPS) is 26.3. The highest BCUT2D eigenvalue weighted by Gasteiger charge is 2.39. The van der Waals surface area contributed by atoms with Gasteiger partial charge in [0.25, 0.3) is 5.91 Å². The molecular weight excluding hydrogens is 382 g/mol. The van der Waals surface area contributed by atoms with Gasteiger partial charge in [-0.1, -0.05) is 36.4 Å². The summed E-state index contributed by atoms with van der Waals surface area (Å²) in [5.41, 5.74) is 4.85. The highest BCUT2D eigenvalue weighted by molar-refractivity contribution is 5.94. The molecule has 4 atom stereocenters. The zero-order chi connectivity index (χ0) is 21.4. The van der Waals surface area contributed by atoms with Crippen LogP contribution in [0.15, 0.2) is 48.5 Å². The zero-order valence-electron chi connectivity index (χ0n) is 18.9. The van der Waals surface area contributed by atoms with Gasteiger partial charge in [0.05, 0.1) is 6.04 Å². The predicted molar refractivity (Wildman–Crippen MR) is 125 cm³/mol. The van der Waals surface area contributed by atoms with Gasteiger partial charge in [-0.15, -0.1) is 0 Å². The lowest BCUT2D eigenvalue weighted by Crippen LogP contribution is -2.54. The number of hydrogen-bond acceptors (Lipinski definition) is 3. The zero-order valence-corrected chi connectivity index (χ0v) is 18.9. The van der Waals surface area contributed by atoms with Gasteiger partial charge in [0.15, 0.2) is 0 Å². The van der Waals surface area contributed by atoms with Crippen LogP contribution in [0.2, 0.25) is 0 Å². The molecule has 4 heteroatoms. The van der Waals surface area contributed by atoms with Crippen molar-refractivity contribution in [3.63, 3.8) is 0 Å². The number of carbonyl (C=O) groups excluding carboxylic acids is 1. The van der Waals surface area contributed by atoms with Gasteiger partial charge >= 0.3 is 0 Å². The number of benzene rings is 2. The van der Waals surface area contributed by atoms with Crippen LogP contribution in [0.5, 0.6) is 0 Å². The summed E-state index contributed by atoms with van der Waals surface area (Å²) in [5, 5.41) is 3.78. The van der Waals surface area contributed by atoms with E-state index in [1.807, 2.05) is 23.1 Å². The van der Waals surface area contributed by atoms with Crippen LogP contribution >= 0.6 is 0 Å². The molecule has 0 radical (unpaired) electrons. The van der Waals surface area contributed by atoms with Crippen molar-refractivity contribution in [1.82, 2.24) is 15.1 Å². The second-order valence-electron chi connectivity index (χ2n) is 9.55. The molecule has 0 aromatic heterocycles. The molecule has 5 rings (SSSR count). The highest BCUT2D eigenvalue weighted by Crippen LogP contribution is 2.40. The largest absolute Gasteiger partial charge is 0.332 e. The third kappa shape index (κ3) is 3.92. The number of hydrogen-bond donors (Lipinski definition) is 1. The molecule has 0 unspecified atom stereocenters. The third-order valence-electron chi connectivity index (χ3n) is 7.88. The van der Waals surface area contributed by atoms with Crippen molar-refractivity contribution in [2.24, 2.45) is 5.92 Å². The van der Waals surface area contributed by atoms with Crippen LogP contribution in [0.25, 0.3) is 0 Å². The van der Waals surface area contributed by atoms with Crippen molar-refractivity contribution in [3.05, 3.63) is 70.8 Å². The van der Waals surface area contributed by atoms with Crippen molar-refractivity contribution < 1.29 is 4.79 Å². The van der Waals surface area contributed by atoms with Gasteiger partial charge in [-0.3, -0.25) is 9.69 Å². The molecule has 4 nitrogen and oxygen atoms in total. The van der Waals surface area contributed by atoms with E-state index in [2.05, 4.69) is 54.4 Å². The fraction of sp³-hybridized carbons (Fsp3) is 0.519. The van der Waals surface area contributed by atoms with E-state index in [-0.39, 0.29) is 11.9 Å². The van der Waals surface area contributed by atoms with E-state index in [1.165, 1.54) is 49.0 Å². The smallest absolute Gasteiger partial charge is 0.254 e. The summed E-state index contributed by atoms with van der Waals surface area (Å²) in [5.74, 6) is 0.951. The minimum atomic E-state index is 0.0675. The monoisotopic (exact) mass is 417 g/mol. The molecule has 3 aliphatic heterocycles. The average Bonchev–Trinajstić information content (AvgIpc) is 2.83. The Morgan fingerprint density at radius 1 is 1.23 bits per heavy atom. The number of nitrogens with one attached hydrogen (secondary N) is 1. The van der Waals surface area contributed by atoms with Gasteiger partial charge in [-0.05, 0) is 80.8 Å². The van der Waals surface area contributed by atoms with Crippen LogP contribution in [0.1, 0.15) is 72.2 Å². The van der Waals surface area contributed by atoms with E-state index in [1.54, 1.807) is 0 Å². The molecule has 0 bridgehead atoms. The van der Waals surface area contributed by atoms with Crippen molar-refractivity contribution in [2.45, 2.75) is 57.7 Å². The van der Waals surface area contributed by atoms with E-state index < -0.39 is 0 Å². The predicted octanol–water partition coefficient (Wildman–Crippen LogP) is 4.58. The first kappa shape index (κ1) is 20.7. The summed E-state index contributed by atoms with van der Waals surface area (Å²) in [6, 6.07) is 18.1. The summed E-state index contributed by atoms with van der Waals surface area (Å²) in [6.07, 6.45) is 4.94. The summed E-state index contributed by atoms with van der Waals surface area (Å²) in [6.45, 7) is 8.42. The molecule has 2 saturated heterocycles. The fourth-order valence-electron chi connectivity index (χ4n) is 6.12. The lowest BCUT2D eigenvalue weighted by atomic mass is 9.77. The number of carbonyl (C=O) groups is 1. The maximum Gasteiger partial charge on any atom is 0.254 e. The lowest BCUT2D eigenvalue weighted by Gasteiger charge is -2.49. The Bertz CT molecular complexity index is 927. The van der Waals surface area contributed by atoms with Crippen LogP contribution in [0, 0.1) is 5.92 Å². The molecule has 31 heavy (non-hydrogen) atoms. The van der Waals surface area contributed by atoms with E-state index in [9.17, 15) is 4.79 Å². The average molecular weight is 418 g/mol. The number of nitrogens with zero attached hydrogens (tertiary/aromatic N) is 2. The van der Waals surface area contributed by atoms with Gasteiger partial charge in [-0.25, -0.2) is 0 Å². The second kappa shape index (κ2) is 8.76. The van der Waals surface area contributed by atoms with Gasteiger partial charge in [0.1, 0.15) is 0 Å². The molecule has 164 valence electrons. The van der Waals surface area contributed by atoms with Crippen molar-refractivity contribution in [1.29, 1.82) is 0 Å². The van der Waals surface area contributed by atoms with E-state index in [0.717, 1.165) is 24.4 Å². The molecule has 2 aromatic rings. The second-order valence-corrected chi connectivity index (χ2v) is 9.55. The quantitative estimate of drug-likeness (QED) is 0.791. The standard InChI is InChI=1S/C27H35N3O/c1-3-30(19(2)20-8-5-4-6-9-20)27(31)22-11-12-24-21(16-22)13-15-29-18-23-10-7-14-28-25(23)17-26(24)29/h4-6,8-9,11-12,16,19,23,25-26,28H,3,7,10,13-15,17-18H2,1-2H3/t19-,23-,25+,26-/m1/s1. The highest BCUT2D eigenvalue weighted by atomic mass is 16.2. The minimum Gasteiger partial charge on any atom is -0.332 e. The summed E-state index contributed by atoms with van der Waals surface area (Å²) in [4.78, 5) is 18.1. The SMILES string of the molecule is CCN(C(=O)c1ccc2c(c1)CCN1C[C@H]3CCCN[C@H]3C[C@H]21)[C@H](C)c1ccccc1. The first-order chi connectivity index (χ1) is 15.2. The Morgan fingerprint density at radius 3 is 2.87 bits per heavy atom. The summed E-state index contributed by atoms with van der Waals surface area (Å²) < 4.78 is 0. The fourth-order valence-corrected chi connectivity index (χ4v) is 6.12. The topological polar surface area (TPSA) is 35.6 Å². The Hall–Kier alpha value is -2.17. The molecule has 0 saturated carbocycles. The van der Waals surface area contributed by atoms with Crippen molar-refractivity contribution in [3.8, 4) is 0 Å². The van der Waals surface area contributed by atoms with Gasteiger partial charge in [0, 0.05) is 37.3 Å². The van der Waals surface area contributed by atoms with Crippen molar-refractivity contribution >= 4 is 5.91 Å². The van der Waals surface area contributed by atoms with E-state index in [0.29, 0.717) is 18.6 Å². The molecule has 3 heterocycles.